The molecule has 2 heterocycles. The molecule has 2 amide bonds. The summed E-state index contributed by atoms with van der Waals surface area (Å²) in [5, 5.41) is 18.3. The topological polar surface area (TPSA) is 113 Å². The van der Waals surface area contributed by atoms with E-state index in [-0.39, 0.29) is 5.69 Å². The summed E-state index contributed by atoms with van der Waals surface area (Å²) in [6.45, 7) is 0.693. The van der Waals surface area contributed by atoms with E-state index in [1.807, 2.05) is 0 Å². The Labute approximate surface area is 135 Å². The molecule has 0 aliphatic carbocycles. The van der Waals surface area contributed by atoms with Crippen LogP contribution in [-0.2, 0) is 0 Å². The molecule has 0 fully saturated rings. The smallest absolute Gasteiger partial charge is 0.333 e. The van der Waals surface area contributed by atoms with Gasteiger partial charge in [0.1, 0.15) is 12.0 Å². The summed E-state index contributed by atoms with van der Waals surface area (Å²) < 4.78 is 1.19. The first-order chi connectivity index (χ1) is 10.6. The van der Waals surface area contributed by atoms with Crippen molar-refractivity contribution in [3.05, 3.63) is 40.0 Å². The van der Waals surface area contributed by atoms with Crippen LogP contribution in [0.5, 0.6) is 0 Å². The number of nitrogens with zero attached hydrogens (tertiary/aromatic N) is 4. The van der Waals surface area contributed by atoms with E-state index in [9.17, 15) is 14.9 Å². The molecular weight excluding hydrogens is 328 g/mol. The predicted molar refractivity (Wildman–Crippen MR) is 86.2 cm³/mol. The molecule has 2 aromatic rings. The lowest BCUT2D eigenvalue weighted by molar-refractivity contribution is -0.385. The predicted octanol–water partition coefficient (Wildman–Crippen LogP) is 2.24. The SMILES string of the molecule is O=C(Nc1nccs1)N(S)CCNc1ccc([N+](=O)[O-])cn1. The summed E-state index contributed by atoms with van der Waals surface area (Å²) in [7, 11) is 0. The molecule has 9 nitrogen and oxygen atoms in total. The van der Waals surface area contributed by atoms with E-state index in [2.05, 4.69) is 33.4 Å². The molecule has 11 heteroatoms. The Kier molecular flexibility index (Phi) is 5.49. The van der Waals surface area contributed by atoms with Crippen molar-refractivity contribution < 1.29 is 9.72 Å². The largest absolute Gasteiger partial charge is 0.368 e. The average Bonchev–Trinajstić information content (AvgIpc) is 3.00. The molecule has 22 heavy (non-hydrogen) atoms. The summed E-state index contributed by atoms with van der Waals surface area (Å²) in [5.41, 5.74) is -0.0794. The minimum Gasteiger partial charge on any atom is -0.368 e. The van der Waals surface area contributed by atoms with Gasteiger partial charge >= 0.3 is 6.03 Å². The average molecular weight is 340 g/mol. The van der Waals surface area contributed by atoms with Gasteiger partial charge in [-0.3, -0.25) is 19.7 Å². The maximum Gasteiger partial charge on any atom is 0.333 e. The summed E-state index contributed by atoms with van der Waals surface area (Å²) in [6, 6.07) is 2.45. The normalized spacial score (nSPS) is 10.0. The fourth-order valence-electron chi connectivity index (χ4n) is 1.43. The molecule has 2 rings (SSSR count). The van der Waals surface area contributed by atoms with Crippen molar-refractivity contribution in [2.75, 3.05) is 23.7 Å². The van der Waals surface area contributed by atoms with E-state index in [4.69, 9.17) is 0 Å². The van der Waals surface area contributed by atoms with Crippen LogP contribution in [0.1, 0.15) is 0 Å². The number of carbonyl (C=O) groups is 1. The molecule has 0 atom stereocenters. The van der Waals surface area contributed by atoms with E-state index in [0.29, 0.717) is 24.0 Å². The van der Waals surface area contributed by atoms with Crippen LogP contribution < -0.4 is 10.6 Å². The van der Waals surface area contributed by atoms with Gasteiger partial charge in [-0.2, -0.15) is 0 Å². The highest BCUT2D eigenvalue weighted by molar-refractivity contribution is 7.78. The molecule has 0 unspecified atom stereocenters. The van der Waals surface area contributed by atoms with Gasteiger partial charge in [-0.05, 0) is 6.07 Å². The standard InChI is InChI=1S/C11H12N6O3S2/c18-11(15-10-13-4-6-22-10)16(21)5-3-12-9-2-1-8(7-14-9)17(19)20/h1-2,4,6-7,21H,3,5H2,(H,12,14)(H,13,15,18). The van der Waals surface area contributed by atoms with Crippen LogP contribution in [-0.4, -0.2) is 38.3 Å². The Balaban J connectivity index is 1.75. The molecule has 0 saturated carbocycles. The van der Waals surface area contributed by atoms with Crippen molar-refractivity contribution in [1.82, 2.24) is 14.3 Å². The second kappa shape index (κ2) is 7.56. The highest BCUT2D eigenvalue weighted by Crippen LogP contribution is 2.13. The number of amides is 2. The molecular formula is C11H12N6O3S2. The first kappa shape index (κ1) is 16.0. The van der Waals surface area contributed by atoms with E-state index in [1.165, 1.54) is 27.8 Å². The Morgan fingerprint density at radius 1 is 1.45 bits per heavy atom. The second-order valence-corrected chi connectivity index (χ2v) is 5.35. The fourth-order valence-corrected chi connectivity index (χ4v) is 2.10. The summed E-state index contributed by atoms with van der Waals surface area (Å²) >= 11 is 5.38. The van der Waals surface area contributed by atoms with Crippen molar-refractivity contribution in [3.8, 4) is 0 Å². The van der Waals surface area contributed by atoms with Gasteiger partial charge < -0.3 is 5.32 Å². The van der Waals surface area contributed by atoms with Crippen LogP contribution in [0.3, 0.4) is 0 Å². The fraction of sp³-hybridized carbons (Fsp3) is 0.182. The molecule has 116 valence electrons. The van der Waals surface area contributed by atoms with E-state index >= 15 is 0 Å². The summed E-state index contributed by atoms with van der Waals surface area (Å²) in [6.07, 6.45) is 2.75. The number of aromatic nitrogens is 2. The first-order valence-electron chi connectivity index (χ1n) is 6.07. The van der Waals surface area contributed by atoms with Gasteiger partial charge in [0.15, 0.2) is 5.13 Å². The quantitative estimate of drug-likeness (QED) is 0.422. The van der Waals surface area contributed by atoms with Crippen LogP contribution in [0, 0.1) is 10.1 Å². The third kappa shape index (κ3) is 4.56. The van der Waals surface area contributed by atoms with E-state index in [0.717, 1.165) is 6.20 Å². The van der Waals surface area contributed by atoms with Crippen LogP contribution in [0.2, 0.25) is 0 Å². The number of hydrogen-bond acceptors (Lipinski definition) is 8. The first-order valence-corrected chi connectivity index (χ1v) is 7.35. The Bertz CT molecular complexity index is 634. The molecule has 0 aliphatic heterocycles. The molecule has 0 spiro atoms. The summed E-state index contributed by atoms with van der Waals surface area (Å²) in [5.74, 6) is 0.479. The van der Waals surface area contributed by atoms with Crippen molar-refractivity contribution >= 4 is 46.8 Å². The molecule has 0 saturated heterocycles. The lowest BCUT2D eigenvalue weighted by Crippen LogP contribution is -2.31. The Morgan fingerprint density at radius 3 is 2.86 bits per heavy atom. The van der Waals surface area contributed by atoms with Crippen molar-refractivity contribution in [2.45, 2.75) is 0 Å². The molecule has 2 aromatic heterocycles. The lowest BCUT2D eigenvalue weighted by atomic mass is 10.4. The zero-order valence-electron chi connectivity index (χ0n) is 11.2. The van der Waals surface area contributed by atoms with Crippen LogP contribution in [0.15, 0.2) is 29.9 Å². The van der Waals surface area contributed by atoms with Crippen molar-refractivity contribution in [2.24, 2.45) is 0 Å². The highest BCUT2D eigenvalue weighted by Gasteiger charge is 2.11. The number of hydrogen-bond donors (Lipinski definition) is 3. The molecule has 2 N–H and O–H groups in total. The molecule has 0 aromatic carbocycles. The van der Waals surface area contributed by atoms with Crippen molar-refractivity contribution in [3.63, 3.8) is 0 Å². The van der Waals surface area contributed by atoms with Gasteiger partial charge in [-0.1, -0.05) is 12.8 Å². The van der Waals surface area contributed by atoms with Gasteiger partial charge in [-0.25, -0.2) is 14.8 Å². The van der Waals surface area contributed by atoms with E-state index in [1.54, 1.807) is 11.6 Å². The lowest BCUT2D eigenvalue weighted by Gasteiger charge is -2.15. The van der Waals surface area contributed by atoms with Crippen LogP contribution in [0.25, 0.3) is 0 Å². The number of rotatable bonds is 6. The van der Waals surface area contributed by atoms with Crippen LogP contribution >= 0.6 is 24.2 Å². The number of pyridine rings is 1. The number of nitro groups is 1. The molecule has 0 radical (unpaired) electrons. The third-order valence-electron chi connectivity index (χ3n) is 2.47. The third-order valence-corrected chi connectivity index (χ3v) is 3.54. The highest BCUT2D eigenvalue weighted by atomic mass is 32.1. The zero-order chi connectivity index (χ0) is 15.9. The Hall–Kier alpha value is -2.40. The van der Waals surface area contributed by atoms with E-state index < -0.39 is 11.0 Å². The maximum atomic E-state index is 11.8. The maximum absolute atomic E-state index is 11.8. The van der Waals surface area contributed by atoms with Gasteiger partial charge in [0.05, 0.1) is 11.5 Å². The number of urea groups is 1. The molecule has 0 bridgehead atoms. The number of carbonyl (C=O) groups excluding carboxylic acids is 1. The number of anilines is 2. The van der Waals surface area contributed by atoms with Gasteiger partial charge in [-0.15, -0.1) is 11.3 Å². The zero-order valence-corrected chi connectivity index (χ0v) is 12.9. The number of thiazole rings is 1. The van der Waals surface area contributed by atoms with Gasteiger partial charge in [0, 0.05) is 24.2 Å². The second-order valence-electron chi connectivity index (χ2n) is 3.98. The van der Waals surface area contributed by atoms with Gasteiger partial charge in [0.25, 0.3) is 5.69 Å². The minimum absolute atomic E-state index is 0.0794. The number of nitrogens with one attached hydrogen (secondary N) is 2. The molecule has 0 aliphatic rings. The summed E-state index contributed by atoms with van der Waals surface area (Å²) in [4.78, 5) is 29.6. The minimum atomic E-state index is -0.519. The Morgan fingerprint density at radius 2 is 2.27 bits per heavy atom. The number of thiol groups is 1. The van der Waals surface area contributed by atoms with Crippen LogP contribution in [0.4, 0.5) is 21.4 Å². The van der Waals surface area contributed by atoms with Crippen molar-refractivity contribution in [1.29, 1.82) is 0 Å². The van der Waals surface area contributed by atoms with Gasteiger partial charge in [0.2, 0.25) is 0 Å². The monoisotopic (exact) mass is 340 g/mol.